The number of likely N-dealkylation sites (N-methyl/N-ethyl adjacent to an activating group) is 1. The number of hydrogen-bond donors (Lipinski definition) is 1. The summed E-state index contributed by atoms with van der Waals surface area (Å²) < 4.78 is 26.3. The maximum absolute atomic E-state index is 11.9. The quantitative estimate of drug-likeness (QED) is 0.808. The molecule has 0 radical (unpaired) electrons. The maximum Gasteiger partial charge on any atom is 0.211 e. The van der Waals surface area contributed by atoms with Gasteiger partial charge in [-0.05, 0) is 19.1 Å². The van der Waals surface area contributed by atoms with Crippen molar-refractivity contribution >= 4 is 33.2 Å². The number of aromatic nitrogens is 3. The molecule has 0 aliphatic heterocycles. The molecule has 10 heteroatoms. The van der Waals surface area contributed by atoms with E-state index in [2.05, 4.69) is 10.1 Å². The molecule has 0 unspecified atom stereocenters. The fourth-order valence-electron chi connectivity index (χ4n) is 2.43. The Labute approximate surface area is 150 Å². The topological polar surface area (TPSA) is 88.3 Å². The van der Waals surface area contributed by atoms with Crippen molar-refractivity contribution in [3.05, 3.63) is 46.5 Å². The fraction of sp³-hybridized carbons (Fsp3) is 0.429. The number of sulfonamides is 1. The van der Waals surface area contributed by atoms with Crippen LogP contribution >= 0.6 is 23.2 Å². The predicted octanol–water partition coefficient (Wildman–Crippen LogP) is 1.75. The van der Waals surface area contributed by atoms with Gasteiger partial charge in [-0.25, -0.2) is 18.1 Å². The second-order valence-electron chi connectivity index (χ2n) is 5.60. The molecule has 1 aromatic carbocycles. The van der Waals surface area contributed by atoms with Crippen LogP contribution < -0.4 is 0 Å². The Morgan fingerprint density at radius 1 is 1.42 bits per heavy atom. The van der Waals surface area contributed by atoms with Gasteiger partial charge in [0.25, 0.3) is 0 Å². The highest BCUT2D eigenvalue weighted by Crippen LogP contribution is 2.36. The van der Waals surface area contributed by atoms with Crippen molar-refractivity contribution in [3.8, 4) is 0 Å². The highest BCUT2D eigenvalue weighted by molar-refractivity contribution is 7.88. The molecular formula is C14H18Cl2N4O3S. The van der Waals surface area contributed by atoms with E-state index >= 15 is 0 Å². The predicted molar refractivity (Wildman–Crippen MR) is 92.4 cm³/mol. The maximum atomic E-state index is 11.9. The van der Waals surface area contributed by atoms with E-state index in [1.165, 1.54) is 30.5 Å². The van der Waals surface area contributed by atoms with Gasteiger partial charge in [-0.2, -0.15) is 9.40 Å². The molecule has 2 atom stereocenters. The Balaban J connectivity index is 2.56. The van der Waals surface area contributed by atoms with E-state index in [4.69, 9.17) is 23.2 Å². The standard InChI is InChI=1S/C14H18Cl2N4O3S/c1-10(19(2)24(3,22)23)14(21,7-20-9-17-8-18-20)12-5-4-11(15)6-13(12)16/h4-6,8-10,21H,7H2,1-3H3/t10-,14-/m1/s1. The van der Waals surface area contributed by atoms with Gasteiger partial charge in [0, 0.05) is 22.7 Å². The second kappa shape index (κ2) is 6.97. The molecular weight excluding hydrogens is 375 g/mol. The molecule has 0 saturated carbocycles. The molecule has 0 aliphatic rings. The number of hydrogen-bond acceptors (Lipinski definition) is 5. The zero-order chi connectivity index (χ0) is 18.1. The molecule has 1 heterocycles. The first-order valence-corrected chi connectivity index (χ1v) is 9.59. The first-order chi connectivity index (χ1) is 11.1. The summed E-state index contributed by atoms with van der Waals surface area (Å²) in [5.74, 6) is 0. The molecule has 0 saturated heterocycles. The summed E-state index contributed by atoms with van der Waals surface area (Å²) in [4.78, 5) is 3.84. The minimum Gasteiger partial charge on any atom is -0.381 e. The highest BCUT2D eigenvalue weighted by atomic mass is 35.5. The highest BCUT2D eigenvalue weighted by Gasteiger charge is 2.42. The lowest BCUT2D eigenvalue weighted by Crippen LogP contribution is -2.51. The molecule has 2 rings (SSSR count). The van der Waals surface area contributed by atoms with Crippen LogP contribution in [0.4, 0.5) is 0 Å². The van der Waals surface area contributed by atoms with Crippen molar-refractivity contribution in [2.75, 3.05) is 13.3 Å². The van der Waals surface area contributed by atoms with E-state index in [0.29, 0.717) is 10.6 Å². The molecule has 0 fully saturated rings. The number of benzene rings is 1. The third-order valence-electron chi connectivity index (χ3n) is 4.03. The van der Waals surface area contributed by atoms with Crippen molar-refractivity contribution in [2.45, 2.75) is 25.1 Å². The first kappa shape index (κ1) is 19.1. The minimum atomic E-state index is -3.53. The van der Waals surface area contributed by atoms with Crippen LogP contribution in [0.3, 0.4) is 0 Å². The number of rotatable bonds is 6. The van der Waals surface area contributed by atoms with Crippen LogP contribution in [0.5, 0.6) is 0 Å². The molecule has 0 bridgehead atoms. The minimum absolute atomic E-state index is 0.0324. The molecule has 7 nitrogen and oxygen atoms in total. The van der Waals surface area contributed by atoms with Crippen molar-refractivity contribution in [3.63, 3.8) is 0 Å². The summed E-state index contributed by atoms with van der Waals surface area (Å²) in [5.41, 5.74) is -1.29. The lowest BCUT2D eigenvalue weighted by atomic mass is 9.87. The van der Waals surface area contributed by atoms with Gasteiger partial charge in [-0.15, -0.1) is 0 Å². The van der Waals surface area contributed by atoms with Gasteiger partial charge in [0.2, 0.25) is 10.0 Å². The summed E-state index contributed by atoms with van der Waals surface area (Å²) in [7, 11) is -2.14. The summed E-state index contributed by atoms with van der Waals surface area (Å²) in [6.07, 6.45) is 3.83. The molecule has 0 aliphatic carbocycles. The summed E-state index contributed by atoms with van der Waals surface area (Å²) in [5, 5.41) is 16.0. The number of halogens is 2. The van der Waals surface area contributed by atoms with E-state index in [-0.39, 0.29) is 11.6 Å². The smallest absolute Gasteiger partial charge is 0.211 e. The van der Waals surface area contributed by atoms with Crippen LogP contribution in [0, 0.1) is 0 Å². The van der Waals surface area contributed by atoms with Gasteiger partial charge in [0.15, 0.2) is 0 Å². The molecule has 1 aromatic heterocycles. The monoisotopic (exact) mass is 392 g/mol. The van der Waals surface area contributed by atoms with Crippen LogP contribution in [-0.2, 0) is 22.2 Å². The lowest BCUT2D eigenvalue weighted by molar-refractivity contribution is -0.0351. The van der Waals surface area contributed by atoms with Crippen molar-refractivity contribution in [1.82, 2.24) is 19.1 Å². The van der Waals surface area contributed by atoms with Gasteiger partial charge in [-0.3, -0.25) is 0 Å². The number of nitrogens with zero attached hydrogens (tertiary/aromatic N) is 4. The van der Waals surface area contributed by atoms with Crippen LogP contribution in [0.2, 0.25) is 10.0 Å². The van der Waals surface area contributed by atoms with Crippen molar-refractivity contribution < 1.29 is 13.5 Å². The van der Waals surface area contributed by atoms with Crippen LogP contribution in [-0.4, -0.2) is 51.9 Å². The van der Waals surface area contributed by atoms with Crippen molar-refractivity contribution in [2.24, 2.45) is 0 Å². The Kier molecular flexibility index (Phi) is 5.56. The zero-order valence-electron chi connectivity index (χ0n) is 13.4. The molecule has 24 heavy (non-hydrogen) atoms. The lowest BCUT2D eigenvalue weighted by Gasteiger charge is -2.39. The fourth-order valence-corrected chi connectivity index (χ4v) is 3.75. The average molecular weight is 393 g/mol. The SMILES string of the molecule is C[C@@H](N(C)S(C)(=O)=O)[C@](O)(Cn1cncn1)c1ccc(Cl)cc1Cl. The van der Waals surface area contributed by atoms with E-state index in [0.717, 1.165) is 10.6 Å². The van der Waals surface area contributed by atoms with Gasteiger partial charge >= 0.3 is 0 Å². The Morgan fingerprint density at radius 2 is 2.08 bits per heavy atom. The molecule has 2 aromatic rings. The van der Waals surface area contributed by atoms with E-state index < -0.39 is 21.7 Å². The zero-order valence-corrected chi connectivity index (χ0v) is 15.7. The van der Waals surface area contributed by atoms with Gasteiger partial charge in [0.05, 0.1) is 18.8 Å². The van der Waals surface area contributed by atoms with E-state index in [1.807, 2.05) is 0 Å². The van der Waals surface area contributed by atoms with Gasteiger partial charge in [-0.1, -0.05) is 29.3 Å². The van der Waals surface area contributed by atoms with Gasteiger partial charge in [0.1, 0.15) is 18.3 Å². The Hall–Kier alpha value is -1.19. The third-order valence-corrected chi connectivity index (χ3v) is 5.94. The van der Waals surface area contributed by atoms with E-state index in [9.17, 15) is 13.5 Å². The summed E-state index contributed by atoms with van der Waals surface area (Å²) in [6.45, 7) is 1.57. The second-order valence-corrected chi connectivity index (χ2v) is 8.48. The average Bonchev–Trinajstić information content (AvgIpc) is 2.97. The van der Waals surface area contributed by atoms with Crippen LogP contribution in [0.15, 0.2) is 30.9 Å². The largest absolute Gasteiger partial charge is 0.381 e. The summed E-state index contributed by atoms with van der Waals surface area (Å²) in [6, 6.07) is 3.84. The Morgan fingerprint density at radius 3 is 2.58 bits per heavy atom. The molecule has 1 N–H and O–H groups in total. The molecule has 132 valence electrons. The van der Waals surface area contributed by atoms with Crippen molar-refractivity contribution in [1.29, 1.82) is 0 Å². The van der Waals surface area contributed by atoms with Gasteiger partial charge < -0.3 is 5.11 Å². The van der Waals surface area contributed by atoms with Crippen LogP contribution in [0.25, 0.3) is 0 Å². The number of aliphatic hydroxyl groups is 1. The normalized spacial score (nSPS) is 16.1. The molecule has 0 amide bonds. The Bertz CT molecular complexity index is 813. The molecule has 0 spiro atoms. The van der Waals surface area contributed by atoms with E-state index in [1.54, 1.807) is 19.1 Å². The van der Waals surface area contributed by atoms with Crippen LogP contribution in [0.1, 0.15) is 12.5 Å². The third kappa shape index (κ3) is 3.89. The first-order valence-electron chi connectivity index (χ1n) is 6.99. The summed E-state index contributed by atoms with van der Waals surface area (Å²) >= 11 is 12.2.